The van der Waals surface area contributed by atoms with Crippen LogP contribution >= 0.6 is 0 Å². The molecule has 0 aliphatic rings. The van der Waals surface area contributed by atoms with Gasteiger partial charge in [-0.2, -0.15) is 0 Å². The third kappa shape index (κ3) is 9.13. The summed E-state index contributed by atoms with van der Waals surface area (Å²) < 4.78 is 40.2. The average molecular weight is 658 g/mol. The quantitative estimate of drug-likeness (QED) is 0.174. The minimum absolute atomic E-state index is 0.0430. The molecule has 0 bridgehead atoms. The molecule has 0 saturated heterocycles. The number of hydrogen-bond acceptors (Lipinski definition) is 6. The van der Waals surface area contributed by atoms with E-state index in [1.165, 1.54) is 24.1 Å². The van der Waals surface area contributed by atoms with Crippen molar-refractivity contribution >= 4 is 27.5 Å². The van der Waals surface area contributed by atoms with Crippen molar-refractivity contribution in [2.45, 2.75) is 57.1 Å². The second kappa shape index (κ2) is 16.1. The van der Waals surface area contributed by atoms with Crippen LogP contribution in [-0.2, 0) is 32.6 Å². The van der Waals surface area contributed by atoms with Crippen LogP contribution in [0.15, 0.2) is 108 Å². The summed E-state index contributed by atoms with van der Waals surface area (Å²) >= 11 is 0. The first-order chi connectivity index (χ1) is 22.5. The molecule has 2 amide bonds. The molecule has 0 aromatic heterocycles. The molecular weight excluding hydrogens is 614 g/mol. The molecule has 10 heteroatoms. The van der Waals surface area contributed by atoms with Gasteiger partial charge in [-0.3, -0.25) is 13.9 Å². The Kier molecular flexibility index (Phi) is 12.0. The molecule has 0 heterocycles. The highest BCUT2D eigenvalue weighted by atomic mass is 32.2. The van der Waals surface area contributed by atoms with Crippen molar-refractivity contribution in [1.82, 2.24) is 10.2 Å². The summed E-state index contributed by atoms with van der Waals surface area (Å²) in [4.78, 5) is 30.1. The largest absolute Gasteiger partial charge is 0.497 e. The van der Waals surface area contributed by atoms with Gasteiger partial charge in [0.05, 0.1) is 24.8 Å². The molecule has 0 saturated carbocycles. The van der Waals surface area contributed by atoms with Crippen LogP contribution < -0.4 is 19.1 Å². The van der Waals surface area contributed by atoms with Gasteiger partial charge in [-0.25, -0.2) is 8.42 Å². The first-order valence-electron chi connectivity index (χ1n) is 15.6. The van der Waals surface area contributed by atoms with E-state index in [1.54, 1.807) is 55.6 Å². The molecular formula is C37H43N3O6S. The number of rotatable bonds is 15. The molecule has 0 aliphatic carbocycles. The van der Waals surface area contributed by atoms with E-state index in [9.17, 15) is 18.0 Å². The Bertz CT molecular complexity index is 1730. The summed E-state index contributed by atoms with van der Waals surface area (Å²) in [5.74, 6) is 0.272. The molecule has 0 aliphatic heterocycles. The number of sulfonamides is 1. The molecule has 4 aromatic rings. The van der Waals surface area contributed by atoms with Crippen LogP contribution in [0.3, 0.4) is 0 Å². The van der Waals surface area contributed by atoms with Crippen molar-refractivity contribution in [2.75, 3.05) is 25.1 Å². The van der Waals surface area contributed by atoms with Gasteiger partial charge in [-0.05, 0) is 79.9 Å². The number of carbonyl (C=O) groups is 2. The number of nitrogens with one attached hydrogen (secondary N) is 1. The van der Waals surface area contributed by atoms with Gasteiger partial charge in [0.25, 0.3) is 10.0 Å². The zero-order valence-corrected chi connectivity index (χ0v) is 28.4. The fourth-order valence-electron chi connectivity index (χ4n) is 5.08. The van der Waals surface area contributed by atoms with Gasteiger partial charge in [-0.1, -0.05) is 67.1 Å². The number of methoxy groups -OCH3 is 2. The Morgan fingerprint density at radius 3 is 2.06 bits per heavy atom. The number of amides is 2. The van der Waals surface area contributed by atoms with Gasteiger partial charge >= 0.3 is 0 Å². The highest BCUT2D eigenvalue weighted by Gasteiger charge is 2.35. The van der Waals surface area contributed by atoms with Crippen LogP contribution in [0.25, 0.3) is 0 Å². The van der Waals surface area contributed by atoms with E-state index < -0.39 is 28.5 Å². The minimum Gasteiger partial charge on any atom is -0.497 e. The Balaban J connectivity index is 1.82. The van der Waals surface area contributed by atoms with Gasteiger partial charge < -0.3 is 19.7 Å². The van der Waals surface area contributed by atoms with Crippen molar-refractivity contribution in [3.05, 3.63) is 120 Å². The van der Waals surface area contributed by atoms with Gasteiger partial charge in [-0.15, -0.1) is 0 Å². The zero-order chi connectivity index (χ0) is 34.0. The van der Waals surface area contributed by atoms with E-state index in [-0.39, 0.29) is 35.5 Å². The number of anilines is 1. The van der Waals surface area contributed by atoms with Crippen molar-refractivity contribution < 1.29 is 27.5 Å². The number of nitrogens with zero attached hydrogens (tertiary/aromatic N) is 2. The monoisotopic (exact) mass is 657 g/mol. The highest BCUT2D eigenvalue weighted by molar-refractivity contribution is 7.92. The topological polar surface area (TPSA) is 105 Å². The van der Waals surface area contributed by atoms with Crippen LogP contribution in [0.1, 0.15) is 37.0 Å². The number of carbonyl (C=O) groups excluding carboxylic acids is 2. The molecule has 4 rings (SSSR count). The van der Waals surface area contributed by atoms with Crippen LogP contribution in [0.2, 0.25) is 0 Å². The lowest BCUT2D eigenvalue weighted by molar-refractivity contribution is -0.140. The summed E-state index contributed by atoms with van der Waals surface area (Å²) in [6.07, 6.45) is 0.930. The predicted octanol–water partition coefficient (Wildman–Crippen LogP) is 5.76. The Morgan fingerprint density at radius 1 is 0.809 bits per heavy atom. The molecule has 0 spiro atoms. The summed E-state index contributed by atoms with van der Waals surface area (Å²) in [6, 6.07) is 28.6. The molecule has 1 N–H and O–H groups in total. The lowest BCUT2D eigenvalue weighted by Gasteiger charge is -2.34. The Labute approximate surface area is 278 Å². The fraction of sp³-hybridized carbons (Fsp3) is 0.297. The van der Waals surface area contributed by atoms with Crippen LogP contribution in [-0.4, -0.2) is 58.0 Å². The van der Waals surface area contributed by atoms with Crippen molar-refractivity contribution in [2.24, 2.45) is 0 Å². The third-order valence-electron chi connectivity index (χ3n) is 8.01. The Hall–Kier alpha value is -4.83. The van der Waals surface area contributed by atoms with Crippen LogP contribution in [0, 0.1) is 6.92 Å². The van der Waals surface area contributed by atoms with E-state index in [0.717, 1.165) is 21.0 Å². The third-order valence-corrected chi connectivity index (χ3v) is 9.80. The number of benzene rings is 4. The van der Waals surface area contributed by atoms with E-state index in [2.05, 4.69) is 5.32 Å². The molecule has 0 fully saturated rings. The van der Waals surface area contributed by atoms with Gasteiger partial charge in [0, 0.05) is 19.0 Å². The summed E-state index contributed by atoms with van der Waals surface area (Å²) in [6.45, 7) is 5.25. The average Bonchev–Trinajstić information content (AvgIpc) is 3.09. The van der Waals surface area contributed by atoms with Gasteiger partial charge in [0.15, 0.2) is 0 Å². The maximum Gasteiger partial charge on any atom is 0.264 e. The van der Waals surface area contributed by atoms with Gasteiger partial charge in [0.1, 0.15) is 24.1 Å². The molecule has 2 atom stereocenters. The van der Waals surface area contributed by atoms with E-state index >= 15 is 0 Å². The molecule has 9 nitrogen and oxygen atoms in total. The number of hydrogen-bond donors (Lipinski definition) is 1. The predicted molar refractivity (Wildman–Crippen MR) is 184 cm³/mol. The first-order valence-corrected chi connectivity index (χ1v) is 17.0. The number of aryl methyl sites for hydroxylation is 1. The maximum atomic E-state index is 14.6. The molecule has 4 aromatic carbocycles. The molecule has 47 heavy (non-hydrogen) atoms. The first kappa shape index (κ1) is 35.0. The van der Waals surface area contributed by atoms with E-state index in [0.29, 0.717) is 17.9 Å². The van der Waals surface area contributed by atoms with E-state index in [1.807, 2.05) is 63.2 Å². The normalized spacial score (nSPS) is 12.4. The van der Waals surface area contributed by atoms with Crippen LogP contribution in [0.4, 0.5) is 5.69 Å². The Morgan fingerprint density at radius 2 is 1.45 bits per heavy atom. The SMILES string of the molecule is CC[C@@H](C)NC(=O)[C@H](Cc1ccccc1)N(Cc1cccc(OC)c1)C(=O)CN(c1ccc(OC)cc1)S(=O)(=O)c1ccc(C)cc1. The lowest BCUT2D eigenvalue weighted by Crippen LogP contribution is -2.54. The van der Waals surface area contributed by atoms with E-state index in [4.69, 9.17) is 9.47 Å². The second-order valence-electron chi connectivity index (χ2n) is 11.4. The minimum atomic E-state index is -4.21. The van der Waals surface area contributed by atoms with Crippen molar-refractivity contribution in [1.29, 1.82) is 0 Å². The summed E-state index contributed by atoms with van der Waals surface area (Å²) in [7, 11) is -1.13. The fourth-order valence-corrected chi connectivity index (χ4v) is 6.49. The standard InChI is InChI=1S/C37H43N3O6S/c1-6-28(3)38-37(42)35(24-29-11-8-7-9-12-29)39(25-30-13-10-14-33(23-30)46-5)36(41)26-40(31-17-19-32(45-4)20-18-31)47(43,44)34-21-15-27(2)16-22-34/h7-23,28,35H,6,24-26H2,1-5H3,(H,38,42)/t28-,35+/m1/s1. The molecule has 0 unspecified atom stereocenters. The second-order valence-corrected chi connectivity index (χ2v) is 13.3. The zero-order valence-electron chi connectivity index (χ0n) is 27.6. The summed E-state index contributed by atoms with van der Waals surface area (Å²) in [5, 5.41) is 3.05. The van der Waals surface area contributed by atoms with Gasteiger partial charge in [0.2, 0.25) is 11.8 Å². The smallest absolute Gasteiger partial charge is 0.264 e. The lowest BCUT2D eigenvalue weighted by atomic mass is 10.0. The maximum absolute atomic E-state index is 14.6. The summed E-state index contributed by atoms with van der Waals surface area (Å²) in [5.41, 5.74) is 2.77. The highest BCUT2D eigenvalue weighted by Crippen LogP contribution is 2.27. The molecule has 0 radical (unpaired) electrons. The molecule has 248 valence electrons. The number of ether oxygens (including phenoxy) is 2. The van der Waals surface area contributed by atoms with Crippen LogP contribution in [0.5, 0.6) is 11.5 Å². The van der Waals surface area contributed by atoms with Crippen molar-refractivity contribution in [3.8, 4) is 11.5 Å². The van der Waals surface area contributed by atoms with Crippen molar-refractivity contribution in [3.63, 3.8) is 0 Å².